The number of nitrogens with zero attached hydrogens (tertiary/aromatic N) is 3. The van der Waals surface area contributed by atoms with Gasteiger partial charge in [-0.1, -0.05) is 0 Å². The maximum Gasteiger partial charge on any atom is 0.317 e. The number of hydrogen-bond acceptors (Lipinski definition) is 4. The summed E-state index contributed by atoms with van der Waals surface area (Å²) in [7, 11) is 0. The van der Waals surface area contributed by atoms with Crippen molar-refractivity contribution in [2.24, 2.45) is 0 Å². The van der Waals surface area contributed by atoms with Gasteiger partial charge in [-0.2, -0.15) is 5.10 Å². The molecule has 0 saturated carbocycles. The molecule has 7 heteroatoms. The molecule has 2 amide bonds. The second-order valence-corrected chi connectivity index (χ2v) is 6.59. The summed E-state index contributed by atoms with van der Waals surface area (Å²) in [5.41, 5.74) is 2.00. The molecule has 1 unspecified atom stereocenters. The second-order valence-electron chi connectivity index (χ2n) is 6.59. The molecule has 3 rings (SSSR count). The number of rotatable bonds is 5. The molecule has 2 N–H and O–H groups in total. The van der Waals surface area contributed by atoms with E-state index < -0.39 is 0 Å². The average Bonchev–Trinajstić information content (AvgIpc) is 3.01. The van der Waals surface area contributed by atoms with E-state index in [2.05, 4.69) is 20.5 Å². The van der Waals surface area contributed by atoms with Crippen LogP contribution in [0, 0.1) is 6.92 Å². The maximum absolute atomic E-state index is 12.4. The van der Waals surface area contributed by atoms with Crippen LogP contribution in [0.15, 0.2) is 30.6 Å². The Hall–Kier alpha value is -2.57. The molecule has 2 aromatic heterocycles. The molecule has 0 aliphatic carbocycles. The number of aromatic amines is 1. The van der Waals surface area contributed by atoms with Crippen molar-refractivity contribution >= 4 is 6.03 Å². The Morgan fingerprint density at radius 2 is 2.28 bits per heavy atom. The highest BCUT2D eigenvalue weighted by Crippen LogP contribution is 2.18. The predicted molar refractivity (Wildman–Crippen MR) is 94.5 cm³/mol. The van der Waals surface area contributed by atoms with E-state index in [1.54, 1.807) is 12.4 Å². The second kappa shape index (κ2) is 8.00. The van der Waals surface area contributed by atoms with Crippen molar-refractivity contribution in [3.05, 3.63) is 42.0 Å². The highest BCUT2D eigenvalue weighted by atomic mass is 16.5. The monoisotopic (exact) mass is 343 g/mol. The van der Waals surface area contributed by atoms with Crippen LogP contribution in [-0.2, 0) is 6.42 Å². The Morgan fingerprint density at radius 1 is 1.48 bits per heavy atom. The normalized spacial score (nSPS) is 16.5. The lowest BCUT2D eigenvalue weighted by Crippen LogP contribution is -2.49. The Labute approximate surface area is 147 Å². The fourth-order valence-corrected chi connectivity index (χ4v) is 3.03. The molecule has 0 bridgehead atoms. The first-order valence-corrected chi connectivity index (χ1v) is 8.73. The maximum atomic E-state index is 12.4. The van der Waals surface area contributed by atoms with Gasteiger partial charge in [-0.15, -0.1) is 0 Å². The van der Waals surface area contributed by atoms with Crippen LogP contribution in [0.4, 0.5) is 4.79 Å². The fourth-order valence-electron chi connectivity index (χ4n) is 3.03. The molecule has 2 aromatic rings. The number of aryl methyl sites for hydroxylation is 1. The van der Waals surface area contributed by atoms with Gasteiger partial charge in [-0.25, -0.2) is 4.79 Å². The zero-order valence-corrected chi connectivity index (χ0v) is 14.7. The van der Waals surface area contributed by atoms with Crippen molar-refractivity contribution in [1.82, 2.24) is 25.4 Å². The summed E-state index contributed by atoms with van der Waals surface area (Å²) in [5, 5.41) is 10.2. The van der Waals surface area contributed by atoms with Gasteiger partial charge in [0.15, 0.2) is 0 Å². The Bertz CT molecular complexity index is 680. The first-order chi connectivity index (χ1) is 12.1. The number of hydrogen-bond donors (Lipinski definition) is 2. The van der Waals surface area contributed by atoms with Crippen LogP contribution in [0.5, 0.6) is 5.75 Å². The van der Waals surface area contributed by atoms with Crippen molar-refractivity contribution in [1.29, 1.82) is 0 Å². The number of pyridine rings is 1. The van der Waals surface area contributed by atoms with Crippen LogP contribution in [0.1, 0.15) is 31.2 Å². The van der Waals surface area contributed by atoms with E-state index >= 15 is 0 Å². The number of carbonyl (C=O) groups is 1. The summed E-state index contributed by atoms with van der Waals surface area (Å²) in [4.78, 5) is 18.3. The van der Waals surface area contributed by atoms with Gasteiger partial charge >= 0.3 is 6.03 Å². The lowest BCUT2D eigenvalue weighted by Gasteiger charge is -2.32. The summed E-state index contributed by atoms with van der Waals surface area (Å²) in [6.45, 7) is 5.37. The van der Waals surface area contributed by atoms with Crippen molar-refractivity contribution in [2.45, 2.75) is 45.3 Å². The number of likely N-dealkylation sites (tertiary alicyclic amines) is 1. The third-order valence-electron chi connectivity index (χ3n) is 4.31. The third-order valence-corrected chi connectivity index (χ3v) is 4.31. The molecule has 134 valence electrons. The zero-order valence-electron chi connectivity index (χ0n) is 14.7. The van der Waals surface area contributed by atoms with Gasteiger partial charge < -0.3 is 15.0 Å². The largest absolute Gasteiger partial charge is 0.489 e. The van der Waals surface area contributed by atoms with Gasteiger partial charge in [-0.05, 0) is 32.0 Å². The van der Waals surface area contributed by atoms with Gasteiger partial charge in [0.1, 0.15) is 11.9 Å². The molecule has 1 aliphatic heterocycles. The van der Waals surface area contributed by atoms with E-state index in [-0.39, 0.29) is 18.2 Å². The minimum absolute atomic E-state index is 0.0143. The summed E-state index contributed by atoms with van der Waals surface area (Å²) in [6, 6.07) is 5.80. The van der Waals surface area contributed by atoms with Crippen LogP contribution in [0.2, 0.25) is 0 Å². The molecule has 0 radical (unpaired) electrons. The highest BCUT2D eigenvalue weighted by Gasteiger charge is 2.24. The topological polar surface area (TPSA) is 83.1 Å². The lowest BCUT2D eigenvalue weighted by molar-refractivity contribution is 0.110. The summed E-state index contributed by atoms with van der Waals surface area (Å²) in [5.74, 6) is 0.785. The molecule has 1 atom stereocenters. The Morgan fingerprint density at radius 3 is 2.92 bits per heavy atom. The summed E-state index contributed by atoms with van der Waals surface area (Å²) >= 11 is 0. The molecule has 25 heavy (non-hydrogen) atoms. The smallest absolute Gasteiger partial charge is 0.317 e. The molecule has 1 fully saturated rings. The van der Waals surface area contributed by atoms with Crippen LogP contribution in [-0.4, -0.2) is 51.3 Å². The lowest BCUT2D eigenvalue weighted by atomic mass is 10.1. The van der Waals surface area contributed by atoms with Crippen molar-refractivity contribution < 1.29 is 9.53 Å². The Balaban J connectivity index is 1.42. The van der Waals surface area contributed by atoms with Crippen LogP contribution in [0.3, 0.4) is 0 Å². The van der Waals surface area contributed by atoms with Crippen molar-refractivity contribution in [3.63, 3.8) is 0 Å². The molecular formula is C18H25N5O2. The number of nitrogens with one attached hydrogen (secondary N) is 2. The number of aromatic nitrogens is 3. The van der Waals surface area contributed by atoms with Gasteiger partial charge in [0.05, 0.1) is 11.9 Å². The third kappa shape index (κ3) is 4.95. The van der Waals surface area contributed by atoms with E-state index in [1.807, 2.05) is 36.9 Å². The Kier molecular flexibility index (Phi) is 5.53. The van der Waals surface area contributed by atoms with Gasteiger partial charge in [-0.3, -0.25) is 10.1 Å². The van der Waals surface area contributed by atoms with E-state index in [0.717, 1.165) is 36.4 Å². The molecule has 1 saturated heterocycles. The quantitative estimate of drug-likeness (QED) is 0.872. The molecule has 7 nitrogen and oxygen atoms in total. The van der Waals surface area contributed by atoms with Crippen molar-refractivity contribution in [2.75, 3.05) is 13.1 Å². The average molecular weight is 343 g/mol. The molecule has 1 aliphatic rings. The standard InChI is InChI=1S/C18H25N5O2/c1-13(10-15-11-14(2)21-22-15)20-18(24)23-8-5-16(6-9-23)25-17-4-3-7-19-12-17/h3-4,7,11-13,16H,5-6,8-10H2,1-2H3,(H,20,24)(H,21,22). The minimum atomic E-state index is -0.0143. The van der Waals surface area contributed by atoms with Crippen LogP contribution in [0.25, 0.3) is 0 Å². The van der Waals surface area contributed by atoms with Crippen LogP contribution >= 0.6 is 0 Å². The number of ether oxygens (including phenoxy) is 1. The zero-order chi connectivity index (χ0) is 17.6. The van der Waals surface area contributed by atoms with Gasteiger partial charge in [0.25, 0.3) is 0 Å². The molecule has 0 aromatic carbocycles. The number of H-pyrrole nitrogens is 1. The van der Waals surface area contributed by atoms with E-state index in [9.17, 15) is 4.79 Å². The number of carbonyl (C=O) groups excluding carboxylic acids is 1. The van der Waals surface area contributed by atoms with Crippen LogP contribution < -0.4 is 10.1 Å². The predicted octanol–water partition coefficient (Wildman–Crippen LogP) is 2.30. The minimum Gasteiger partial charge on any atom is -0.489 e. The fraction of sp³-hybridized carbons (Fsp3) is 0.500. The van der Waals surface area contributed by atoms with Gasteiger partial charge in [0, 0.05) is 50.3 Å². The van der Waals surface area contributed by atoms with E-state index in [1.165, 1.54) is 0 Å². The first-order valence-electron chi connectivity index (χ1n) is 8.73. The summed E-state index contributed by atoms with van der Waals surface area (Å²) < 4.78 is 5.91. The number of urea groups is 1. The summed E-state index contributed by atoms with van der Waals surface area (Å²) in [6.07, 6.45) is 5.96. The molecular weight excluding hydrogens is 318 g/mol. The van der Waals surface area contributed by atoms with E-state index in [0.29, 0.717) is 13.1 Å². The molecule has 3 heterocycles. The SMILES string of the molecule is Cc1cc(CC(C)NC(=O)N2CCC(Oc3cccnc3)CC2)n[nH]1. The molecule has 0 spiro atoms. The van der Waals surface area contributed by atoms with Crippen molar-refractivity contribution in [3.8, 4) is 5.75 Å². The first kappa shape index (κ1) is 17.3. The number of piperidine rings is 1. The highest BCUT2D eigenvalue weighted by molar-refractivity contribution is 5.74. The number of amides is 2. The van der Waals surface area contributed by atoms with Gasteiger partial charge in [0.2, 0.25) is 0 Å². The van der Waals surface area contributed by atoms with E-state index in [4.69, 9.17) is 4.74 Å².